The molecule has 0 atom stereocenters. The molecule has 0 saturated carbocycles. The van der Waals surface area contributed by atoms with E-state index in [0.29, 0.717) is 0 Å². The predicted molar refractivity (Wildman–Crippen MR) is 51.1 cm³/mol. The number of nitrogen functional groups attached to an aromatic ring is 1. The number of hydrazine groups is 1. The second kappa shape index (κ2) is 3.73. The van der Waals surface area contributed by atoms with Crippen molar-refractivity contribution in [1.29, 1.82) is 0 Å². The molecule has 0 aliphatic heterocycles. The van der Waals surface area contributed by atoms with Crippen LogP contribution in [-0.4, -0.2) is 8.42 Å². The van der Waals surface area contributed by atoms with Gasteiger partial charge in [0.1, 0.15) is 0 Å². The smallest absolute Gasteiger partial charge is 0.213 e. The quantitative estimate of drug-likeness (QED) is 0.468. The van der Waals surface area contributed by atoms with E-state index in [4.69, 9.17) is 16.5 Å². The first-order chi connectivity index (χ1) is 7.69. The topological polar surface area (TPSA) is 98.2 Å². The monoisotopic (exact) mass is 205 g/mol. The van der Waals surface area contributed by atoms with E-state index in [2.05, 4.69) is 0 Å². The molecule has 5 nitrogen and oxygen atoms in total. The minimum atomic E-state index is -3.93. The number of hydrogen-bond donors (Lipinski definition) is 3. The summed E-state index contributed by atoms with van der Waals surface area (Å²) in [5, 5.41) is 4.82. The van der Waals surface area contributed by atoms with E-state index in [1.54, 1.807) is 0 Å². The maximum absolute atomic E-state index is 10.9. The zero-order chi connectivity index (χ0) is 13.4. The zero-order valence-electron chi connectivity index (χ0n) is 10.6. The average Bonchev–Trinajstić information content (AvgIpc) is 2.21. The third-order valence-electron chi connectivity index (χ3n) is 1.17. The third kappa shape index (κ3) is 3.41. The highest BCUT2D eigenvalue weighted by Crippen LogP contribution is 2.09. The van der Waals surface area contributed by atoms with Gasteiger partial charge >= 0.3 is 0 Å². The largest absolute Gasteiger partial charge is 0.324 e. The maximum Gasteiger partial charge on any atom is 0.213 e. The molecule has 5 N–H and O–H groups in total. The molecule has 0 amide bonds. The Morgan fingerprint density at radius 1 is 1.38 bits per heavy atom. The zero-order valence-corrected chi connectivity index (χ0v) is 7.40. The van der Waals surface area contributed by atoms with Crippen LogP contribution in [0, 0.1) is 0 Å². The number of nitrogens with two attached hydrogens (primary N) is 2. The van der Waals surface area contributed by atoms with Crippen LogP contribution < -0.4 is 16.4 Å². The number of nitrogens with one attached hydrogen (secondary N) is 1. The summed E-state index contributed by atoms with van der Waals surface area (Å²) in [6.45, 7) is 0. The van der Waals surface area contributed by atoms with E-state index in [9.17, 15) is 8.42 Å². The number of primary sulfonamides is 1. The standard InChI is InChI=1S/C7H11N3O2S/c8-10-7-3-1-6(2-4-7)5-13(9,11)12/h1-4,10H,5,8H2,(H2,9,11,12)/i1D,2D,3D,4D. The summed E-state index contributed by atoms with van der Waals surface area (Å²) in [5.41, 5.74) is 1.57. The van der Waals surface area contributed by atoms with E-state index in [0.717, 1.165) is 0 Å². The molecule has 0 fully saturated rings. The number of sulfonamides is 1. The van der Waals surface area contributed by atoms with Crippen LogP contribution in [-0.2, 0) is 15.8 Å². The van der Waals surface area contributed by atoms with Crippen LogP contribution in [0.5, 0.6) is 0 Å². The van der Waals surface area contributed by atoms with Crippen LogP contribution in [0.4, 0.5) is 5.69 Å². The van der Waals surface area contributed by atoms with Crippen molar-refractivity contribution < 1.29 is 13.9 Å². The van der Waals surface area contributed by atoms with Crippen LogP contribution in [0.15, 0.2) is 24.2 Å². The lowest BCUT2D eigenvalue weighted by atomic mass is 10.2. The van der Waals surface area contributed by atoms with Crippen molar-refractivity contribution in [3.63, 3.8) is 0 Å². The molecule has 72 valence electrons. The average molecular weight is 205 g/mol. The number of rotatable bonds is 3. The molecule has 0 spiro atoms. The van der Waals surface area contributed by atoms with Crippen molar-refractivity contribution in [2.24, 2.45) is 11.0 Å². The lowest BCUT2D eigenvalue weighted by Gasteiger charge is -2.01. The molecule has 6 heteroatoms. The molecular formula is C7H11N3O2S. The predicted octanol–water partition coefficient (Wildman–Crippen LogP) is -0.239. The normalized spacial score (nSPS) is 15.5. The first-order valence-electron chi connectivity index (χ1n) is 5.25. The van der Waals surface area contributed by atoms with Crippen molar-refractivity contribution in [3.05, 3.63) is 29.7 Å². The van der Waals surface area contributed by atoms with Crippen molar-refractivity contribution >= 4 is 15.7 Å². The van der Waals surface area contributed by atoms with Crippen LogP contribution >= 0.6 is 0 Å². The summed E-state index contributed by atoms with van der Waals surface area (Å²) < 4.78 is 52.0. The Bertz CT molecular complexity index is 532. The molecule has 0 aliphatic rings. The molecular weight excluding hydrogens is 190 g/mol. The molecule has 1 aromatic rings. The second-order valence-corrected chi connectivity index (χ2v) is 3.92. The molecule has 13 heavy (non-hydrogen) atoms. The minimum absolute atomic E-state index is 0.196. The van der Waals surface area contributed by atoms with Gasteiger partial charge in [-0.1, -0.05) is 12.1 Å². The van der Waals surface area contributed by atoms with Crippen molar-refractivity contribution in [1.82, 2.24) is 0 Å². The van der Waals surface area contributed by atoms with Gasteiger partial charge in [-0.05, 0) is 17.6 Å². The highest BCUT2D eigenvalue weighted by atomic mass is 32.2. The van der Waals surface area contributed by atoms with Gasteiger partial charge in [0.15, 0.2) is 0 Å². The van der Waals surface area contributed by atoms with Crippen LogP contribution in [0.2, 0.25) is 0 Å². The molecule has 1 aromatic carbocycles. The molecule has 0 saturated heterocycles. The van der Waals surface area contributed by atoms with Gasteiger partial charge in [0.05, 0.1) is 11.2 Å². The fourth-order valence-electron chi connectivity index (χ4n) is 0.684. The SMILES string of the molecule is [2H]c1c([2H])c(NN)c([2H])c([2H])c1CS(N)(=O)=O. The van der Waals surface area contributed by atoms with Crippen LogP contribution in [0.3, 0.4) is 0 Å². The Morgan fingerprint density at radius 2 is 1.92 bits per heavy atom. The number of hydrogen-bond acceptors (Lipinski definition) is 4. The summed E-state index contributed by atoms with van der Waals surface area (Å²) in [7, 11) is -3.93. The lowest BCUT2D eigenvalue weighted by Crippen LogP contribution is -2.14. The Morgan fingerprint density at radius 3 is 2.31 bits per heavy atom. The minimum Gasteiger partial charge on any atom is -0.324 e. The van der Waals surface area contributed by atoms with E-state index >= 15 is 0 Å². The van der Waals surface area contributed by atoms with E-state index < -0.39 is 39.9 Å². The van der Waals surface area contributed by atoms with Crippen molar-refractivity contribution in [3.8, 4) is 0 Å². The van der Waals surface area contributed by atoms with Gasteiger partial charge in [-0.15, -0.1) is 0 Å². The van der Waals surface area contributed by atoms with E-state index in [1.807, 2.05) is 5.43 Å². The Balaban J connectivity index is 3.53. The summed E-state index contributed by atoms with van der Waals surface area (Å²) in [4.78, 5) is 0. The third-order valence-corrected chi connectivity index (χ3v) is 1.86. The van der Waals surface area contributed by atoms with Gasteiger partial charge in [0.2, 0.25) is 10.0 Å². The molecule has 0 unspecified atom stereocenters. The number of anilines is 1. The maximum atomic E-state index is 10.9. The van der Waals surface area contributed by atoms with Gasteiger partial charge in [-0.2, -0.15) is 0 Å². The van der Waals surface area contributed by atoms with E-state index in [-0.39, 0.29) is 11.3 Å². The summed E-state index contributed by atoms with van der Waals surface area (Å²) >= 11 is 0. The number of benzene rings is 1. The second-order valence-electron chi connectivity index (χ2n) is 2.31. The van der Waals surface area contributed by atoms with E-state index in [1.165, 1.54) is 0 Å². The molecule has 0 radical (unpaired) electrons. The highest BCUT2D eigenvalue weighted by molar-refractivity contribution is 7.88. The first-order valence-corrected chi connectivity index (χ1v) is 4.97. The molecule has 0 aliphatic carbocycles. The van der Waals surface area contributed by atoms with Gasteiger partial charge in [-0.25, -0.2) is 13.6 Å². The van der Waals surface area contributed by atoms with Crippen molar-refractivity contribution in [2.45, 2.75) is 5.75 Å². The van der Waals surface area contributed by atoms with Gasteiger partial charge < -0.3 is 5.43 Å². The lowest BCUT2D eigenvalue weighted by molar-refractivity contribution is 0.597. The first kappa shape index (κ1) is 5.58. The van der Waals surface area contributed by atoms with Gasteiger partial charge in [0.25, 0.3) is 0 Å². The summed E-state index contributed by atoms with van der Waals surface area (Å²) in [6.07, 6.45) is 0. The van der Waals surface area contributed by atoms with Gasteiger partial charge in [0, 0.05) is 5.69 Å². The molecule has 1 rings (SSSR count). The Kier molecular flexibility index (Phi) is 1.60. The Labute approximate surface area is 82.4 Å². The van der Waals surface area contributed by atoms with Crippen LogP contribution in [0.1, 0.15) is 11.0 Å². The van der Waals surface area contributed by atoms with Crippen LogP contribution in [0.25, 0.3) is 0 Å². The fourth-order valence-corrected chi connectivity index (χ4v) is 1.23. The summed E-state index contributed by atoms with van der Waals surface area (Å²) in [5.74, 6) is 4.31. The van der Waals surface area contributed by atoms with Gasteiger partial charge in [-0.3, -0.25) is 5.84 Å². The fraction of sp³-hybridized carbons (Fsp3) is 0.143. The summed E-state index contributed by atoms with van der Waals surface area (Å²) in [6, 6.07) is -1.83. The highest BCUT2D eigenvalue weighted by Gasteiger charge is 2.03. The molecule has 0 aromatic heterocycles. The molecule has 0 heterocycles. The Hall–Kier alpha value is -1.11. The molecule has 0 bridgehead atoms. The van der Waals surface area contributed by atoms with Crippen molar-refractivity contribution in [2.75, 3.05) is 5.43 Å².